The van der Waals surface area contributed by atoms with E-state index >= 15 is 0 Å². The molecule has 0 saturated carbocycles. The smallest absolute Gasteiger partial charge is 0.416 e. The van der Waals surface area contributed by atoms with Crippen molar-refractivity contribution in [3.05, 3.63) is 131 Å². The van der Waals surface area contributed by atoms with E-state index in [9.17, 15) is 27.2 Å². The van der Waals surface area contributed by atoms with E-state index in [4.69, 9.17) is 9.47 Å². The standard InChI is InChI=1S/C31H25F4NO4/c32-25-17-23(16-24(18-25)31(33,34)35)30(38)36-28(20-39-19-22-7-3-1-4-8-22)29(37)15-21-11-13-27(14-12-21)40-26-9-5-2-6-10-26/h1-14,16-18,28H,15,19-20H2,(H,36,38). The molecule has 0 heterocycles. The molecule has 0 bridgehead atoms. The summed E-state index contributed by atoms with van der Waals surface area (Å²) in [6.45, 7) is -0.0969. The molecule has 1 unspecified atom stereocenters. The van der Waals surface area contributed by atoms with E-state index < -0.39 is 40.9 Å². The normalized spacial score (nSPS) is 12.0. The molecule has 0 aromatic heterocycles. The molecule has 4 rings (SSSR count). The summed E-state index contributed by atoms with van der Waals surface area (Å²) in [5.41, 5.74) is -0.416. The van der Waals surface area contributed by atoms with Crippen LogP contribution in [-0.2, 0) is 28.7 Å². The Bertz CT molecular complexity index is 1430. The molecule has 40 heavy (non-hydrogen) atoms. The zero-order chi connectivity index (χ0) is 28.5. The van der Waals surface area contributed by atoms with Crippen LogP contribution in [0.25, 0.3) is 0 Å². The molecule has 1 N–H and O–H groups in total. The molecule has 0 aliphatic carbocycles. The number of rotatable bonds is 11. The molecule has 0 radical (unpaired) electrons. The molecule has 4 aromatic carbocycles. The number of carbonyl (C=O) groups is 2. The number of benzene rings is 4. The van der Waals surface area contributed by atoms with Gasteiger partial charge in [-0.2, -0.15) is 13.2 Å². The van der Waals surface area contributed by atoms with Crippen molar-refractivity contribution in [2.75, 3.05) is 6.61 Å². The van der Waals surface area contributed by atoms with Gasteiger partial charge in [-0.3, -0.25) is 9.59 Å². The Morgan fingerprint density at radius 2 is 1.40 bits per heavy atom. The number of halogens is 4. The van der Waals surface area contributed by atoms with Crippen LogP contribution in [0.2, 0.25) is 0 Å². The Morgan fingerprint density at radius 1 is 0.775 bits per heavy atom. The van der Waals surface area contributed by atoms with E-state index in [1.807, 2.05) is 48.5 Å². The zero-order valence-corrected chi connectivity index (χ0v) is 21.2. The van der Waals surface area contributed by atoms with Gasteiger partial charge in [0.15, 0.2) is 5.78 Å². The Labute approximate surface area is 228 Å². The van der Waals surface area contributed by atoms with Crippen LogP contribution >= 0.6 is 0 Å². The van der Waals surface area contributed by atoms with Crippen LogP contribution in [0.5, 0.6) is 11.5 Å². The number of Topliss-reactive ketones (excluding diaryl/α,β-unsaturated/α-hetero) is 1. The number of hydrogen-bond donors (Lipinski definition) is 1. The minimum absolute atomic E-state index is 0.0950. The van der Waals surface area contributed by atoms with Gasteiger partial charge in [0.25, 0.3) is 5.91 Å². The highest BCUT2D eigenvalue weighted by atomic mass is 19.4. The highest BCUT2D eigenvalue weighted by Crippen LogP contribution is 2.30. The summed E-state index contributed by atoms with van der Waals surface area (Å²) in [7, 11) is 0. The van der Waals surface area contributed by atoms with Crippen molar-refractivity contribution in [1.82, 2.24) is 5.32 Å². The minimum Gasteiger partial charge on any atom is -0.457 e. The van der Waals surface area contributed by atoms with Crippen molar-refractivity contribution in [1.29, 1.82) is 0 Å². The molecule has 0 aliphatic heterocycles. The molecular weight excluding hydrogens is 526 g/mol. The first-order chi connectivity index (χ1) is 19.2. The van der Waals surface area contributed by atoms with Gasteiger partial charge in [-0.25, -0.2) is 4.39 Å². The Balaban J connectivity index is 1.46. The Morgan fingerprint density at radius 3 is 2.05 bits per heavy atom. The van der Waals surface area contributed by atoms with Crippen molar-refractivity contribution in [3.63, 3.8) is 0 Å². The fraction of sp³-hybridized carbons (Fsp3) is 0.161. The molecule has 5 nitrogen and oxygen atoms in total. The second-order valence-corrected chi connectivity index (χ2v) is 8.96. The molecule has 206 valence electrons. The van der Waals surface area contributed by atoms with Crippen molar-refractivity contribution in [3.8, 4) is 11.5 Å². The molecular formula is C31H25F4NO4. The Kier molecular flexibility index (Phi) is 9.29. The summed E-state index contributed by atoms with van der Waals surface area (Å²) in [4.78, 5) is 26.0. The van der Waals surface area contributed by atoms with Crippen LogP contribution < -0.4 is 10.1 Å². The number of amides is 1. The third-order valence-electron chi connectivity index (χ3n) is 5.86. The van der Waals surface area contributed by atoms with Crippen LogP contribution in [0.1, 0.15) is 27.0 Å². The van der Waals surface area contributed by atoms with E-state index in [2.05, 4.69) is 5.32 Å². The van der Waals surface area contributed by atoms with E-state index in [0.29, 0.717) is 35.3 Å². The molecule has 0 saturated heterocycles. The van der Waals surface area contributed by atoms with E-state index in [1.54, 1.807) is 36.4 Å². The summed E-state index contributed by atoms with van der Waals surface area (Å²) >= 11 is 0. The second kappa shape index (κ2) is 13.0. The van der Waals surface area contributed by atoms with Gasteiger partial charge in [-0.1, -0.05) is 60.7 Å². The van der Waals surface area contributed by atoms with E-state index in [-0.39, 0.29) is 19.6 Å². The number of hydrogen-bond acceptors (Lipinski definition) is 4. The first kappa shape index (κ1) is 28.5. The van der Waals surface area contributed by atoms with Crippen molar-refractivity contribution >= 4 is 11.7 Å². The van der Waals surface area contributed by atoms with E-state index in [0.717, 1.165) is 5.56 Å². The molecule has 1 amide bonds. The molecule has 4 aromatic rings. The lowest BCUT2D eigenvalue weighted by molar-refractivity contribution is -0.137. The molecule has 0 spiro atoms. The minimum atomic E-state index is -4.85. The summed E-state index contributed by atoms with van der Waals surface area (Å²) in [6.07, 6.45) is -4.94. The van der Waals surface area contributed by atoms with Gasteiger partial charge in [0.05, 0.1) is 18.8 Å². The zero-order valence-electron chi connectivity index (χ0n) is 21.2. The highest BCUT2D eigenvalue weighted by molar-refractivity contribution is 5.98. The lowest BCUT2D eigenvalue weighted by Gasteiger charge is -2.19. The SMILES string of the molecule is O=C(NC(COCc1ccccc1)C(=O)Cc1ccc(Oc2ccccc2)cc1)c1cc(F)cc(C(F)(F)F)c1. The predicted octanol–water partition coefficient (Wildman–Crippen LogP) is 6.76. The lowest BCUT2D eigenvalue weighted by atomic mass is 10.0. The van der Waals surface area contributed by atoms with Gasteiger partial charge in [0.2, 0.25) is 0 Å². The third-order valence-corrected chi connectivity index (χ3v) is 5.86. The van der Waals surface area contributed by atoms with Gasteiger partial charge in [-0.15, -0.1) is 0 Å². The fourth-order valence-electron chi connectivity index (χ4n) is 3.83. The van der Waals surface area contributed by atoms with Crippen molar-refractivity contribution in [2.45, 2.75) is 25.2 Å². The molecule has 9 heteroatoms. The summed E-state index contributed by atoms with van der Waals surface area (Å²) in [6, 6.07) is 25.4. The summed E-state index contributed by atoms with van der Waals surface area (Å²) in [5.74, 6) is -1.48. The van der Waals surface area contributed by atoms with Gasteiger partial charge >= 0.3 is 6.18 Å². The number of ether oxygens (including phenoxy) is 2. The van der Waals surface area contributed by atoms with Gasteiger partial charge < -0.3 is 14.8 Å². The maximum Gasteiger partial charge on any atom is 0.416 e. The van der Waals surface area contributed by atoms with Gasteiger partial charge in [0.1, 0.15) is 23.4 Å². The third kappa shape index (κ3) is 8.25. The monoisotopic (exact) mass is 551 g/mol. The first-order valence-electron chi connectivity index (χ1n) is 12.3. The number of para-hydroxylation sites is 1. The second-order valence-electron chi connectivity index (χ2n) is 8.96. The molecule has 1 atom stereocenters. The number of carbonyl (C=O) groups excluding carboxylic acids is 2. The van der Waals surface area contributed by atoms with Crippen LogP contribution in [-0.4, -0.2) is 24.3 Å². The maximum absolute atomic E-state index is 13.9. The van der Waals surface area contributed by atoms with Gasteiger partial charge in [0, 0.05) is 12.0 Å². The van der Waals surface area contributed by atoms with Crippen molar-refractivity contribution in [2.24, 2.45) is 0 Å². The lowest BCUT2D eigenvalue weighted by Crippen LogP contribution is -2.44. The number of alkyl halides is 3. The van der Waals surface area contributed by atoms with Crippen LogP contribution in [0.4, 0.5) is 17.6 Å². The quantitative estimate of drug-likeness (QED) is 0.209. The average molecular weight is 552 g/mol. The summed E-state index contributed by atoms with van der Waals surface area (Å²) in [5, 5.41) is 2.42. The molecule has 0 fully saturated rings. The van der Waals surface area contributed by atoms with Gasteiger partial charge in [-0.05, 0) is 53.6 Å². The van der Waals surface area contributed by atoms with Crippen LogP contribution in [0.15, 0.2) is 103 Å². The number of nitrogens with one attached hydrogen (secondary N) is 1. The van der Waals surface area contributed by atoms with Crippen molar-refractivity contribution < 1.29 is 36.6 Å². The van der Waals surface area contributed by atoms with E-state index in [1.165, 1.54) is 0 Å². The average Bonchev–Trinajstić information content (AvgIpc) is 2.94. The summed E-state index contributed by atoms with van der Waals surface area (Å²) < 4.78 is 64.7. The fourth-order valence-corrected chi connectivity index (χ4v) is 3.83. The molecule has 0 aliphatic rings. The van der Waals surface area contributed by atoms with Crippen LogP contribution in [0, 0.1) is 5.82 Å². The van der Waals surface area contributed by atoms with Crippen LogP contribution in [0.3, 0.4) is 0 Å². The number of ketones is 1. The maximum atomic E-state index is 13.9. The predicted molar refractivity (Wildman–Crippen MR) is 140 cm³/mol. The highest BCUT2D eigenvalue weighted by Gasteiger charge is 2.32. The first-order valence-corrected chi connectivity index (χ1v) is 12.3. The largest absolute Gasteiger partial charge is 0.457 e. The Hall–Kier alpha value is -4.50. The topological polar surface area (TPSA) is 64.6 Å².